The number of hydrogen-bond acceptors (Lipinski definition) is 3. The molecule has 0 aromatic rings. The molecule has 18 heavy (non-hydrogen) atoms. The van der Waals surface area contributed by atoms with Crippen molar-refractivity contribution in [3.8, 4) is 0 Å². The highest BCUT2D eigenvalue weighted by molar-refractivity contribution is 5.75. The van der Waals surface area contributed by atoms with E-state index in [2.05, 4.69) is 13.5 Å². The van der Waals surface area contributed by atoms with Crippen LogP contribution in [0.3, 0.4) is 0 Å². The molecule has 2 saturated carbocycles. The SMILES string of the molecule is C=C1C[C@H](O)C[C@]2(C)C[C@H]3OC(=O)[C@H](C)[C@H]3C[C@@H]12. The minimum atomic E-state index is -0.273. The molecule has 0 amide bonds. The third-order valence-corrected chi connectivity index (χ3v) is 5.47. The number of rotatable bonds is 0. The summed E-state index contributed by atoms with van der Waals surface area (Å²) in [6.07, 6.45) is 3.21. The van der Waals surface area contributed by atoms with Gasteiger partial charge in [-0.3, -0.25) is 4.79 Å². The van der Waals surface area contributed by atoms with E-state index in [1.807, 2.05) is 6.92 Å². The number of aliphatic hydroxyl groups is 1. The second-order valence-electron chi connectivity index (χ2n) is 6.79. The fourth-order valence-electron chi connectivity index (χ4n) is 4.49. The van der Waals surface area contributed by atoms with Crippen molar-refractivity contribution in [3.63, 3.8) is 0 Å². The zero-order valence-electron chi connectivity index (χ0n) is 11.2. The molecule has 0 aromatic carbocycles. The van der Waals surface area contributed by atoms with Crippen molar-refractivity contribution in [1.29, 1.82) is 0 Å². The highest BCUT2D eigenvalue weighted by Crippen LogP contribution is 2.56. The van der Waals surface area contributed by atoms with Crippen molar-refractivity contribution in [2.24, 2.45) is 23.2 Å². The topological polar surface area (TPSA) is 46.5 Å². The van der Waals surface area contributed by atoms with E-state index >= 15 is 0 Å². The molecule has 3 nitrogen and oxygen atoms in total. The molecule has 100 valence electrons. The standard InChI is InChI=1S/C15H22O3/c1-8-4-10(16)6-15(3)7-13-11(5-12(8)15)9(2)14(17)18-13/h9-13,16H,1,4-7H2,2-3H3/t9-,10+,11-,12+,13-,15-/m1/s1. The Bertz CT molecular complexity index is 403. The van der Waals surface area contributed by atoms with Crippen LogP contribution in [0.2, 0.25) is 0 Å². The van der Waals surface area contributed by atoms with Crippen molar-refractivity contribution >= 4 is 5.97 Å². The lowest BCUT2D eigenvalue weighted by Gasteiger charge is -2.51. The van der Waals surface area contributed by atoms with Gasteiger partial charge in [0, 0.05) is 5.92 Å². The lowest BCUT2D eigenvalue weighted by atomic mass is 9.55. The van der Waals surface area contributed by atoms with Crippen LogP contribution in [0.25, 0.3) is 0 Å². The number of hydrogen-bond donors (Lipinski definition) is 1. The predicted octanol–water partition coefficient (Wildman–Crippen LogP) is 2.29. The number of fused-ring (bicyclic) bond motifs is 2. The number of carbonyl (C=O) groups is 1. The average molecular weight is 250 g/mol. The maximum Gasteiger partial charge on any atom is 0.309 e. The molecule has 1 saturated heterocycles. The summed E-state index contributed by atoms with van der Waals surface area (Å²) in [6, 6.07) is 0. The molecule has 1 heterocycles. The minimum Gasteiger partial charge on any atom is -0.462 e. The third-order valence-electron chi connectivity index (χ3n) is 5.47. The monoisotopic (exact) mass is 250 g/mol. The number of aliphatic hydroxyl groups excluding tert-OH is 1. The Morgan fingerprint density at radius 3 is 2.89 bits per heavy atom. The Morgan fingerprint density at radius 1 is 1.44 bits per heavy atom. The third kappa shape index (κ3) is 1.63. The summed E-state index contributed by atoms with van der Waals surface area (Å²) in [5.41, 5.74) is 1.22. The Kier molecular flexibility index (Phi) is 2.60. The molecule has 0 bridgehead atoms. The Balaban J connectivity index is 1.89. The zero-order valence-corrected chi connectivity index (χ0v) is 11.2. The minimum absolute atomic E-state index is 0.0270. The van der Waals surface area contributed by atoms with E-state index in [1.165, 1.54) is 5.57 Å². The van der Waals surface area contributed by atoms with Crippen molar-refractivity contribution in [3.05, 3.63) is 12.2 Å². The van der Waals surface area contributed by atoms with Crippen LogP contribution in [-0.2, 0) is 9.53 Å². The van der Waals surface area contributed by atoms with E-state index in [9.17, 15) is 9.90 Å². The molecule has 3 rings (SSSR count). The maximum absolute atomic E-state index is 11.7. The molecule has 0 radical (unpaired) electrons. The predicted molar refractivity (Wildman–Crippen MR) is 67.7 cm³/mol. The second-order valence-corrected chi connectivity index (χ2v) is 6.79. The summed E-state index contributed by atoms with van der Waals surface area (Å²) in [5.74, 6) is 0.777. The first kappa shape index (κ1) is 12.2. The van der Waals surface area contributed by atoms with Crippen LogP contribution < -0.4 is 0 Å². The van der Waals surface area contributed by atoms with Crippen LogP contribution in [0, 0.1) is 23.2 Å². The van der Waals surface area contributed by atoms with Crippen LogP contribution in [0.4, 0.5) is 0 Å². The van der Waals surface area contributed by atoms with E-state index in [4.69, 9.17) is 4.74 Å². The van der Waals surface area contributed by atoms with E-state index in [0.717, 1.165) is 25.7 Å². The van der Waals surface area contributed by atoms with Gasteiger partial charge < -0.3 is 9.84 Å². The summed E-state index contributed by atoms with van der Waals surface area (Å²) in [7, 11) is 0. The van der Waals surface area contributed by atoms with Gasteiger partial charge in [-0.05, 0) is 37.0 Å². The average Bonchev–Trinajstić information content (AvgIpc) is 2.50. The van der Waals surface area contributed by atoms with Crippen molar-refractivity contribution in [2.45, 2.75) is 51.7 Å². The molecule has 6 atom stereocenters. The molecule has 1 aliphatic heterocycles. The summed E-state index contributed by atoms with van der Waals surface area (Å²) in [5, 5.41) is 9.96. The van der Waals surface area contributed by atoms with Gasteiger partial charge in [-0.1, -0.05) is 26.0 Å². The Labute approximate surface area is 108 Å². The molecule has 1 N–H and O–H groups in total. The van der Waals surface area contributed by atoms with E-state index in [-0.39, 0.29) is 29.5 Å². The number of carbonyl (C=O) groups excluding carboxylic acids is 1. The maximum atomic E-state index is 11.7. The zero-order chi connectivity index (χ0) is 13.1. The molecule has 0 aromatic heterocycles. The molecule has 2 aliphatic carbocycles. The molecular weight excluding hydrogens is 228 g/mol. The lowest BCUT2D eigenvalue weighted by molar-refractivity contribution is -0.146. The molecule has 3 fully saturated rings. The second kappa shape index (κ2) is 3.83. The first-order chi connectivity index (χ1) is 8.40. The van der Waals surface area contributed by atoms with Crippen LogP contribution >= 0.6 is 0 Å². The van der Waals surface area contributed by atoms with Crippen LogP contribution in [-0.4, -0.2) is 23.3 Å². The Morgan fingerprint density at radius 2 is 2.17 bits per heavy atom. The molecular formula is C15H22O3. The summed E-state index contributed by atoms with van der Waals surface area (Å²) >= 11 is 0. The quantitative estimate of drug-likeness (QED) is 0.530. The largest absolute Gasteiger partial charge is 0.462 e. The van der Waals surface area contributed by atoms with Gasteiger partial charge in [0.25, 0.3) is 0 Å². The normalized spacial score (nSPS) is 51.6. The fourth-order valence-corrected chi connectivity index (χ4v) is 4.49. The first-order valence-electron chi connectivity index (χ1n) is 6.97. The van der Waals surface area contributed by atoms with Gasteiger partial charge in [0.15, 0.2) is 0 Å². The van der Waals surface area contributed by atoms with Crippen LogP contribution in [0.15, 0.2) is 12.2 Å². The Hall–Kier alpha value is -0.830. The van der Waals surface area contributed by atoms with Gasteiger partial charge in [-0.15, -0.1) is 0 Å². The van der Waals surface area contributed by atoms with Crippen molar-refractivity contribution < 1.29 is 14.6 Å². The van der Waals surface area contributed by atoms with Gasteiger partial charge in [0.1, 0.15) is 6.10 Å². The van der Waals surface area contributed by atoms with Gasteiger partial charge >= 0.3 is 5.97 Å². The van der Waals surface area contributed by atoms with Gasteiger partial charge in [-0.2, -0.15) is 0 Å². The number of esters is 1. The van der Waals surface area contributed by atoms with Crippen molar-refractivity contribution in [1.82, 2.24) is 0 Å². The summed E-state index contributed by atoms with van der Waals surface area (Å²) in [6.45, 7) is 8.37. The highest BCUT2D eigenvalue weighted by atomic mass is 16.6. The van der Waals surface area contributed by atoms with Crippen LogP contribution in [0.5, 0.6) is 0 Å². The first-order valence-corrected chi connectivity index (χ1v) is 6.97. The van der Waals surface area contributed by atoms with Gasteiger partial charge in [0.05, 0.1) is 12.0 Å². The summed E-state index contributed by atoms with van der Waals surface area (Å²) in [4.78, 5) is 11.7. The fraction of sp³-hybridized carbons (Fsp3) is 0.800. The molecule has 0 unspecified atom stereocenters. The number of ether oxygens (including phenoxy) is 1. The van der Waals surface area contributed by atoms with Crippen molar-refractivity contribution in [2.75, 3.05) is 0 Å². The smallest absolute Gasteiger partial charge is 0.309 e. The van der Waals surface area contributed by atoms with E-state index in [0.29, 0.717) is 11.8 Å². The molecule has 3 heteroatoms. The van der Waals surface area contributed by atoms with E-state index in [1.54, 1.807) is 0 Å². The van der Waals surface area contributed by atoms with E-state index < -0.39 is 0 Å². The molecule has 0 spiro atoms. The lowest BCUT2D eigenvalue weighted by Crippen LogP contribution is -2.47. The molecule has 3 aliphatic rings. The van der Waals surface area contributed by atoms with Crippen LogP contribution in [0.1, 0.15) is 39.5 Å². The van der Waals surface area contributed by atoms with Gasteiger partial charge in [-0.25, -0.2) is 0 Å². The summed E-state index contributed by atoms with van der Waals surface area (Å²) < 4.78 is 5.51. The highest BCUT2D eigenvalue weighted by Gasteiger charge is 2.54. The van der Waals surface area contributed by atoms with Gasteiger partial charge in [0.2, 0.25) is 0 Å².